The van der Waals surface area contributed by atoms with E-state index in [1.807, 2.05) is 0 Å². The highest BCUT2D eigenvalue weighted by atomic mass is 19.4. The fourth-order valence-electron chi connectivity index (χ4n) is 2.47. The molecule has 0 spiro atoms. The minimum atomic E-state index is -4.43. The molecular formula is C18H19F4N3O. The maximum Gasteiger partial charge on any atom is 0.416 e. The van der Waals surface area contributed by atoms with Crippen LogP contribution in [-0.4, -0.2) is 16.9 Å². The normalized spacial score (nSPS) is 13.0. The van der Waals surface area contributed by atoms with Gasteiger partial charge >= 0.3 is 6.18 Å². The predicted octanol–water partition coefficient (Wildman–Crippen LogP) is 3.51. The van der Waals surface area contributed by atoms with Crippen molar-refractivity contribution in [3.63, 3.8) is 0 Å². The van der Waals surface area contributed by atoms with E-state index in [1.165, 1.54) is 24.3 Å². The summed E-state index contributed by atoms with van der Waals surface area (Å²) in [5, 5.41) is 2.86. The Morgan fingerprint density at radius 3 is 2.27 bits per heavy atom. The Labute approximate surface area is 148 Å². The lowest BCUT2D eigenvalue weighted by Gasteiger charge is -2.19. The second-order valence-corrected chi connectivity index (χ2v) is 6.21. The molecule has 2 aromatic rings. The Morgan fingerprint density at radius 1 is 1.15 bits per heavy atom. The number of halogens is 4. The number of carbonyl (C=O) groups excluding carboxylic acids is 1. The number of nitrogens with one attached hydrogen (secondary N) is 1. The van der Waals surface area contributed by atoms with Crippen molar-refractivity contribution in [2.24, 2.45) is 11.7 Å². The molecule has 0 aliphatic heterocycles. The van der Waals surface area contributed by atoms with Gasteiger partial charge in [-0.25, -0.2) is 9.37 Å². The van der Waals surface area contributed by atoms with Crippen LogP contribution in [0.4, 0.5) is 17.6 Å². The van der Waals surface area contributed by atoms with Crippen molar-refractivity contribution < 1.29 is 22.4 Å². The van der Waals surface area contributed by atoms with Crippen LogP contribution in [0.5, 0.6) is 0 Å². The summed E-state index contributed by atoms with van der Waals surface area (Å²) in [5.41, 5.74) is 5.34. The number of nitrogens with zero attached hydrogens (tertiary/aromatic N) is 1. The van der Waals surface area contributed by atoms with Gasteiger partial charge in [-0.2, -0.15) is 13.2 Å². The molecule has 26 heavy (non-hydrogen) atoms. The van der Waals surface area contributed by atoms with Crippen molar-refractivity contribution in [3.8, 4) is 11.3 Å². The third-order valence-corrected chi connectivity index (χ3v) is 3.89. The zero-order valence-corrected chi connectivity index (χ0v) is 14.3. The van der Waals surface area contributed by atoms with Crippen LogP contribution >= 0.6 is 0 Å². The number of rotatable bonds is 6. The van der Waals surface area contributed by atoms with E-state index in [2.05, 4.69) is 10.3 Å². The molecule has 2 rings (SSSR count). The molecule has 0 bridgehead atoms. The van der Waals surface area contributed by atoms with Gasteiger partial charge in [-0.1, -0.05) is 26.0 Å². The summed E-state index contributed by atoms with van der Waals surface area (Å²) in [5.74, 6) is -1.23. The van der Waals surface area contributed by atoms with Gasteiger partial charge in [0.25, 0.3) is 0 Å². The zero-order chi connectivity index (χ0) is 19.5. The number of benzene rings is 1. The van der Waals surface area contributed by atoms with Gasteiger partial charge in [0.15, 0.2) is 0 Å². The first-order valence-corrected chi connectivity index (χ1v) is 7.95. The SMILES string of the molecule is CC(C)C(NCc1nc(-c2ccc(C(F)(F)F)cc2)ccc1F)C(N)=O. The summed E-state index contributed by atoms with van der Waals surface area (Å²) in [6.07, 6.45) is -4.43. The number of alkyl halides is 3. The van der Waals surface area contributed by atoms with Gasteiger partial charge < -0.3 is 5.73 Å². The summed E-state index contributed by atoms with van der Waals surface area (Å²) in [7, 11) is 0. The molecule has 1 heterocycles. The first kappa shape index (κ1) is 19.8. The number of amides is 1. The summed E-state index contributed by atoms with van der Waals surface area (Å²) in [6, 6.07) is 6.37. The third kappa shape index (κ3) is 4.78. The van der Waals surface area contributed by atoms with Gasteiger partial charge in [0.1, 0.15) is 5.82 Å². The standard InChI is InChI=1S/C18H19F4N3O/c1-10(2)16(17(23)26)24-9-15-13(19)7-8-14(25-15)11-3-5-12(6-4-11)18(20,21)22/h3-8,10,16,24H,9H2,1-2H3,(H2,23,26). The van der Waals surface area contributed by atoms with E-state index in [0.717, 1.165) is 12.1 Å². The molecular weight excluding hydrogens is 350 g/mol. The van der Waals surface area contributed by atoms with Gasteiger partial charge in [0, 0.05) is 12.1 Å². The molecule has 0 saturated heterocycles. The summed E-state index contributed by atoms with van der Waals surface area (Å²) in [6.45, 7) is 3.56. The van der Waals surface area contributed by atoms with Crippen molar-refractivity contribution in [2.45, 2.75) is 32.6 Å². The van der Waals surface area contributed by atoms with Crippen molar-refractivity contribution in [1.82, 2.24) is 10.3 Å². The molecule has 140 valence electrons. The lowest BCUT2D eigenvalue weighted by atomic mass is 10.0. The molecule has 4 nitrogen and oxygen atoms in total. The molecule has 1 unspecified atom stereocenters. The summed E-state index contributed by atoms with van der Waals surface area (Å²) in [4.78, 5) is 15.6. The summed E-state index contributed by atoms with van der Waals surface area (Å²) < 4.78 is 51.9. The number of hydrogen-bond donors (Lipinski definition) is 2. The first-order valence-electron chi connectivity index (χ1n) is 7.95. The van der Waals surface area contributed by atoms with Crippen LogP contribution in [0, 0.1) is 11.7 Å². The van der Waals surface area contributed by atoms with Crippen LogP contribution < -0.4 is 11.1 Å². The largest absolute Gasteiger partial charge is 0.416 e. The van der Waals surface area contributed by atoms with E-state index < -0.39 is 29.5 Å². The van der Waals surface area contributed by atoms with Crippen molar-refractivity contribution in [3.05, 3.63) is 53.5 Å². The van der Waals surface area contributed by atoms with E-state index >= 15 is 0 Å². The Bertz CT molecular complexity index is 773. The van der Waals surface area contributed by atoms with Crippen molar-refractivity contribution >= 4 is 5.91 Å². The van der Waals surface area contributed by atoms with E-state index in [0.29, 0.717) is 11.3 Å². The molecule has 1 aromatic carbocycles. The van der Waals surface area contributed by atoms with Gasteiger partial charge in [-0.05, 0) is 30.2 Å². The first-order chi connectivity index (χ1) is 12.1. The molecule has 3 N–H and O–H groups in total. The van der Waals surface area contributed by atoms with Gasteiger partial charge in [0.2, 0.25) is 5.91 Å². The number of aromatic nitrogens is 1. The van der Waals surface area contributed by atoms with Gasteiger partial charge in [0.05, 0.1) is 23.0 Å². The number of nitrogens with two attached hydrogens (primary N) is 1. The zero-order valence-electron chi connectivity index (χ0n) is 14.3. The minimum absolute atomic E-state index is 0.0356. The molecule has 1 atom stereocenters. The molecule has 0 fully saturated rings. The average molecular weight is 369 g/mol. The number of hydrogen-bond acceptors (Lipinski definition) is 3. The van der Waals surface area contributed by atoms with E-state index in [-0.39, 0.29) is 18.2 Å². The highest BCUT2D eigenvalue weighted by Crippen LogP contribution is 2.30. The van der Waals surface area contributed by atoms with Crippen molar-refractivity contribution in [2.75, 3.05) is 0 Å². The fraction of sp³-hybridized carbons (Fsp3) is 0.333. The Balaban J connectivity index is 2.23. The molecule has 1 aromatic heterocycles. The molecule has 0 aliphatic rings. The molecule has 0 radical (unpaired) electrons. The van der Waals surface area contributed by atoms with E-state index in [9.17, 15) is 22.4 Å². The monoisotopic (exact) mass is 369 g/mol. The van der Waals surface area contributed by atoms with Gasteiger partial charge in [-0.15, -0.1) is 0 Å². The van der Waals surface area contributed by atoms with Crippen LogP contribution in [0.2, 0.25) is 0 Å². The second-order valence-electron chi connectivity index (χ2n) is 6.21. The molecule has 1 amide bonds. The Hall–Kier alpha value is -2.48. The van der Waals surface area contributed by atoms with Crippen LogP contribution in [0.25, 0.3) is 11.3 Å². The van der Waals surface area contributed by atoms with Crippen molar-refractivity contribution in [1.29, 1.82) is 0 Å². The maximum absolute atomic E-state index is 14.0. The Morgan fingerprint density at radius 2 is 1.77 bits per heavy atom. The van der Waals surface area contributed by atoms with E-state index in [4.69, 9.17) is 5.73 Å². The number of carbonyl (C=O) groups is 1. The molecule has 0 saturated carbocycles. The minimum Gasteiger partial charge on any atom is -0.368 e. The van der Waals surface area contributed by atoms with E-state index in [1.54, 1.807) is 13.8 Å². The average Bonchev–Trinajstić information content (AvgIpc) is 2.55. The maximum atomic E-state index is 14.0. The second kappa shape index (κ2) is 7.82. The highest BCUT2D eigenvalue weighted by molar-refractivity contribution is 5.80. The number of pyridine rings is 1. The summed E-state index contributed by atoms with van der Waals surface area (Å²) >= 11 is 0. The number of primary amides is 1. The van der Waals surface area contributed by atoms with Gasteiger partial charge in [-0.3, -0.25) is 10.1 Å². The lowest BCUT2D eigenvalue weighted by Crippen LogP contribution is -2.44. The van der Waals surface area contributed by atoms with Crippen LogP contribution in [-0.2, 0) is 17.5 Å². The smallest absolute Gasteiger partial charge is 0.368 e. The van der Waals surface area contributed by atoms with Crippen LogP contribution in [0.3, 0.4) is 0 Å². The topological polar surface area (TPSA) is 68.0 Å². The van der Waals surface area contributed by atoms with Crippen LogP contribution in [0.1, 0.15) is 25.1 Å². The fourth-order valence-corrected chi connectivity index (χ4v) is 2.47. The predicted molar refractivity (Wildman–Crippen MR) is 89.3 cm³/mol. The molecule has 0 aliphatic carbocycles. The third-order valence-electron chi connectivity index (χ3n) is 3.89. The Kier molecular flexibility index (Phi) is 5.97. The van der Waals surface area contributed by atoms with Crippen LogP contribution in [0.15, 0.2) is 36.4 Å². The lowest BCUT2D eigenvalue weighted by molar-refractivity contribution is -0.137. The quantitative estimate of drug-likeness (QED) is 0.766. The molecule has 8 heteroatoms. The highest BCUT2D eigenvalue weighted by Gasteiger charge is 2.30.